The Morgan fingerprint density at radius 1 is 1.41 bits per heavy atom. The van der Waals surface area contributed by atoms with Gasteiger partial charge in [-0.2, -0.15) is 5.10 Å². The highest BCUT2D eigenvalue weighted by molar-refractivity contribution is 6.31. The van der Waals surface area contributed by atoms with E-state index in [2.05, 4.69) is 24.3 Å². The summed E-state index contributed by atoms with van der Waals surface area (Å²) in [7, 11) is 0. The maximum Gasteiger partial charge on any atom is 0.241 e. The number of carbonyl (C=O) groups is 1. The van der Waals surface area contributed by atoms with Crippen molar-refractivity contribution >= 4 is 28.4 Å². The third-order valence-corrected chi connectivity index (χ3v) is 5.19. The number of aromatic nitrogens is 2. The summed E-state index contributed by atoms with van der Waals surface area (Å²) < 4.78 is 1.72. The quantitative estimate of drug-likeness (QED) is 0.939. The molecule has 22 heavy (non-hydrogen) atoms. The Labute approximate surface area is 135 Å². The Bertz CT molecular complexity index is 682. The van der Waals surface area contributed by atoms with Gasteiger partial charge in [0.05, 0.1) is 11.7 Å². The standard InChI is InChI=1S/C17H22ClN3O/c1-11-4-3-5-15(12(11)2)20-17(22)10-21-16-8-14(18)7-6-13(16)9-19-21/h6-9,11-12,15H,3-5,10H2,1-2H3,(H,20,22)/t11-,12+,15-/m1/s1. The number of carbonyl (C=O) groups excluding carboxylic acids is 1. The van der Waals surface area contributed by atoms with Crippen molar-refractivity contribution in [3.8, 4) is 0 Å². The van der Waals surface area contributed by atoms with Gasteiger partial charge in [-0.25, -0.2) is 0 Å². The molecule has 0 saturated heterocycles. The summed E-state index contributed by atoms with van der Waals surface area (Å²) in [4.78, 5) is 12.4. The molecule has 3 atom stereocenters. The summed E-state index contributed by atoms with van der Waals surface area (Å²) in [6, 6.07) is 5.88. The van der Waals surface area contributed by atoms with Crippen molar-refractivity contribution in [3.63, 3.8) is 0 Å². The fourth-order valence-corrected chi connectivity index (χ4v) is 3.51. The van der Waals surface area contributed by atoms with Crippen LogP contribution in [-0.4, -0.2) is 21.7 Å². The molecule has 1 heterocycles. The second-order valence-electron chi connectivity index (χ2n) is 6.45. The zero-order valence-electron chi connectivity index (χ0n) is 13.1. The zero-order valence-corrected chi connectivity index (χ0v) is 13.8. The minimum Gasteiger partial charge on any atom is -0.351 e. The van der Waals surface area contributed by atoms with Crippen LogP contribution in [0.3, 0.4) is 0 Å². The molecule has 3 rings (SSSR count). The average molecular weight is 320 g/mol. The monoisotopic (exact) mass is 319 g/mol. The number of rotatable bonds is 3. The van der Waals surface area contributed by atoms with Crippen LogP contribution in [0.5, 0.6) is 0 Å². The molecule has 0 bridgehead atoms. The maximum absolute atomic E-state index is 12.4. The minimum atomic E-state index is 0.0240. The summed E-state index contributed by atoms with van der Waals surface area (Å²) in [5.74, 6) is 1.22. The molecule has 1 amide bonds. The molecule has 1 fully saturated rings. The van der Waals surface area contributed by atoms with Crippen LogP contribution in [0.25, 0.3) is 10.9 Å². The normalized spacial score (nSPS) is 25.3. The van der Waals surface area contributed by atoms with E-state index in [1.54, 1.807) is 10.9 Å². The van der Waals surface area contributed by atoms with E-state index in [0.717, 1.165) is 17.3 Å². The molecular formula is C17H22ClN3O. The van der Waals surface area contributed by atoms with Crippen molar-refractivity contribution in [3.05, 3.63) is 29.4 Å². The van der Waals surface area contributed by atoms with Crippen molar-refractivity contribution in [1.29, 1.82) is 0 Å². The van der Waals surface area contributed by atoms with Gasteiger partial charge in [0.15, 0.2) is 0 Å². The molecule has 118 valence electrons. The predicted octanol–water partition coefficient (Wildman–Crippen LogP) is 3.63. The molecule has 1 aromatic heterocycles. The summed E-state index contributed by atoms with van der Waals surface area (Å²) >= 11 is 6.03. The van der Waals surface area contributed by atoms with Gasteiger partial charge in [0, 0.05) is 16.5 Å². The largest absolute Gasteiger partial charge is 0.351 e. The third kappa shape index (κ3) is 3.12. The minimum absolute atomic E-state index is 0.0240. The second-order valence-corrected chi connectivity index (χ2v) is 6.88. The Morgan fingerprint density at radius 2 is 2.23 bits per heavy atom. The number of nitrogens with zero attached hydrogens (tertiary/aromatic N) is 2. The molecule has 0 aliphatic heterocycles. The summed E-state index contributed by atoms with van der Waals surface area (Å²) in [5.41, 5.74) is 0.896. The number of halogens is 1. The third-order valence-electron chi connectivity index (χ3n) is 4.95. The molecule has 1 aromatic carbocycles. The molecule has 1 aliphatic carbocycles. The lowest BCUT2D eigenvalue weighted by Crippen LogP contribution is -2.44. The molecule has 4 nitrogen and oxygen atoms in total. The van der Waals surface area contributed by atoms with Crippen molar-refractivity contribution in [2.24, 2.45) is 11.8 Å². The van der Waals surface area contributed by atoms with Gasteiger partial charge in [-0.15, -0.1) is 0 Å². The highest BCUT2D eigenvalue weighted by Gasteiger charge is 2.28. The average Bonchev–Trinajstić information content (AvgIpc) is 2.86. The van der Waals surface area contributed by atoms with Gasteiger partial charge in [0.2, 0.25) is 5.91 Å². The van der Waals surface area contributed by atoms with Gasteiger partial charge in [-0.05, 0) is 36.5 Å². The number of amides is 1. The lowest BCUT2D eigenvalue weighted by Gasteiger charge is -2.34. The van der Waals surface area contributed by atoms with Crippen LogP contribution >= 0.6 is 11.6 Å². The molecule has 1 N–H and O–H groups in total. The van der Waals surface area contributed by atoms with Crippen molar-refractivity contribution < 1.29 is 4.79 Å². The van der Waals surface area contributed by atoms with Crippen LogP contribution in [0.1, 0.15) is 33.1 Å². The van der Waals surface area contributed by atoms with E-state index >= 15 is 0 Å². The van der Waals surface area contributed by atoms with Crippen molar-refractivity contribution in [1.82, 2.24) is 15.1 Å². The van der Waals surface area contributed by atoms with Crippen LogP contribution < -0.4 is 5.32 Å². The molecule has 1 saturated carbocycles. The van der Waals surface area contributed by atoms with Crippen molar-refractivity contribution in [2.45, 2.75) is 45.7 Å². The van der Waals surface area contributed by atoms with E-state index in [4.69, 9.17) is 11.6 Å². The van der Waals surface area contributed by atoms with E-state index in [1.807, 2.05) is 18.2 Å². The Balaban J connectivity index is 1.69. The summed E-state index contributed by atoms with van der Waals surface area (Å²) in [5, 5.41) is 9.14. The first-order chi connectivity index (χ1) is 10.5. The Kier molecular flexibility index (Phi) is 4.39. The Morgan fingerprint density at radius 3 is 3.05 bits per heavy atom. The van der Waals surface area contributed by atoms with Gasteiger partial charge in [-0.1, -0.05) is 38.3 Å². The van der Waals surface area contributed by atoms with Crippen LogP contribution in [0, 0.1) is 11.8 Å². The first-order valence-electron chi connectivity index (χ1n) is 7.95. The number of hydrogen-bond acceptors (Lipinski definition) is 2. The molecular weight excluding hydrogens is 298 g/mol. The van der Waals surface area contributed by atoms with Gasteiger partial charge in [0.25, 0.3) is 0 Å². The maximum atomic E-state index is 12.4. The van der Waals surface area contributed by atoms with Gasteiger partial charge in [0.1, 0.15) is 6.54 Å². The van der Waals surface area contributed by atoms with Crippen LogP contribution in [-0.2, 0) is 11.3 Å². The highest BCUT2D eigenvalue weighted by atomic mass is 35.5. The summed E-state index contributed by atoms with van der Waals surface area (Å²) in [6.07, 6.45) is 5.29. The number of fused-ring (bicyclic) bond motifs is 1. The fourth-order valence-electron chi connectivity index (χ4n) is 3.34. The SMILES string of the molecule is C[C@H]1[C@H](C)CCC[C@H]1NC(=O)Cn1ncc2ccc(Cl)cc21. The highest BCUT2D eigenvalue weighted by Crippen LogP contribution is 2.29. The first kappa shape index (κ1) is 15.3. The summed E-state index contributed by atoms with van der Waals surface area (Å²) in [6.45, 7) is 4.74. The number of nitrogens with one attached hydrogen (secondary N) is 1. The van der Waals surface area contributed by atoms with E-state index < -0.39 is 0 Å². The van der Waals surface area contributed by atoms with Gasteiger partial charge < -0.3 is 5.32 Å². The molecule has 0 unspecified atom stereocenters. The lowest BCUT2D eigenvalue weighted by molar-refractivity contribution is -0.123. The predicted molar refractivity (Wildman–Crippen MR) is 88.9 cm³/mol. The zero-order chi connectivity index (χ0) is 15.7. The number of hydrogen-bond donors (Lipinski definition) is 1. The van der Waals surface area contributed by atoms with E-state index in [1.165, 1.54) is 12.8 Å². The van der Waals surface area contributed by atoms with E-state index in [-0.39, 0.29) is 18.5 Å². The second kappa shape index (κ2) is 6.29. The molecule has 0 spiro atoms. The van der Waals surface area contributed by atoms with Crippen LogP contribution in [0.2, 0.25) is 5.02 Å². The van der Waals surface area contributed by atoms with E-state index in [9.17, 15) is 4.79 Å². The van der Waals surface area contributed by atoms with Crippen LogP contribution in [0.15, 0.2) is 24.4 Å². The topological polar surface area (TPSA) is 46.9 Å². The van der Waals surface area contributed by atoms with Gasteiger partial charge >= 0.3 is 0 Å². The molecule has 0 radical (unpaired) electrons. The smallest absolute Gasteiger partial charge is 0.241 e. The van der Waals surface area contributed by atoms with Crippen molar-refractivity contribution in [2.75, 3.05) is 0 Å². The molecule has 1 aliphatic rings. The molecule has 5 heteroatoms. The van der Waals surface area contributed by atoms with E-state index in [0.29, 0.717) is 16.9 Å². The fraction of sp³-hybridized carbons (Fsp3) is 0.529. The lowest BCUT2D eigenvalue weighted by atomic mass is 9.78. The number of benzene rings is 1. The molecule has 2 aromatic rings. The van der Waals surface area contributed by atoms with Gasteiger partial charge in [-0.3, -0.25) is 9.48 Å². The first-order valence-corrected chi connectivity index (χ1v) is 8.33. The Hall–Kier alpha value is -1.55. The van der Waals surface area contributed by atoms with Crippen LogP contribution in [0.4, 0.5) is 0 Å².